The van der Waals surface area contributed by atoms with Crippen molar-refractivity contribution in [3.05, 3.63) is 22.6 Å². The van der Waals surface area contributed by atoms with E-state index in [1.165, 1.54) is 0 Å². The smallest absolute Gasteiger partial charge is 0.160 e. The number of halogens is 2. The summed E-state index contributed by atoms with van der Waals surface area (Å²) in [7, 11) is 0. The second-order valence-corrected chi connectivity index (χ2v) is 6.26. The normalized spacial score (nSPS) is 12.3. The van der Waals surface area contributed by atoms with Crippen LogP contribution < -0.4 is 0 Å². The molecule has 0 atom stereocenters. The van der Waals surface area contributed by atoms with Crippen molar-refractivity contribution in [2.24, 2.45) is 0 Å². The average molecular weight is 317 g/mol. The van der Waals surface area contributed by atoms with Crippen LogP contribution >= 0.6 is 27.5 Å². The van der Waals surface area contributed by atoms with Crippen LogP contribution in [0.1, 0.15) is 26.6 Å². The van der Waals surface area contributed by atoms with Gasteiger partial charge in [-0.25, -0.2) is 9.97 Å². The first-order valence-corrected chi connectivity index (χ1v) is 6.85. The lowest BCUT2D eigenvalue weighted by molar-refractivity contribution is 0.393. The van der Waals surface area contributed by atoms with E-state index < -0.39 is 0 Å². The largest absolute Gasteiger partial charge is 0.307 e. The average Bonchev–Trinajstić information content (AvgIpc) is 2.54. The van der Waals surface area contributed by atoms with Gasteiger partial charge in [-0.05, 0) is 42.8 Å². The number of hydrogen-bond acceptors (Lipinski definition) is 2. The molecule has 0 aromatic carbocycles. The third-order valence-corrected chi connectivity index (χ3v) is 3.14. The molecule has 0 aliphatic carbocycles. The minimum absolute atomic E-state index is 0.0447. The molecule has 0 radical (unpaired) electrons. The van der Waals surface area contributed by atoms with Crippen LogP contribution in [0.5, 0.6) is 0 Å². The highest BCUT2D eigenvalue weighted by Gasteiger charge is 2.21. The lowest BCUT2D eigenvalue weighted by Gasteiger charge is -2.23. The van der Waals surface area contributed by atoms with Crippen molar-refractivity contribution in [2.75, 3.05) is 5.88 Å². The number of aromatic nitrogens is 3. The van der Waals surface area contributed by atoms with Crippen molar-refractivity contribution in [3.63, 3.8) is 0 Å². The second-order valence-electron chi connectivity index (χ2n) is 4.97. The summed E-state index contributed by atoms with van der Waals surface area (Å²) < 4.78 is 3.11. The van der Waals surface area contributed by atoms with Crippen LogP contribution in [0.15, 0.2) is 16.7 Å². The molecular weight excluding hydrogens is 302 g/mol. The van der Waals surface area contributed by atoms with E-state index in [4.69, 9.17) is 11.6 Å². The molecule has 0 aliphatic rings. The Bertz CT molecular complexity index is 542. The van der Waals surface area contributed by atoms with Gasteiger partial charge < -0.3 is 4.57 Å². The monoisotopic (exact) mass is 315 g/mol. The molecule has 0 spiro atoms. The van der Waals surface area contributed by atoms with E-state index in [9.17, 15) is 0 Å². The Balaban J connectivity index is 2.71. The predicted octanol–water partition coefficient (Wildman–Crippen LogP) is 3.73. The lowest BCUT2D eigenvalue weighted by Crippen LogP contribution is -2.24. The van der Waals surface area contributed by atoms with Crippen LogP contribution in [0.4, 0.5) is 0 Å². The van der Waals surface area contributed by atoms with Gasteiger partial charge in [0.05, 0.1) is 0 Å². The van der Waals surface area contributed by atoms with Gasteiger partial charge in [-0.3, -0.25) is 0 Å². The third kappa shape index (κ3) is 2.47. The van der Waals surface area contributed by atoms with Crippen molar-refractivity contribution >= 4 is 38.7 Å². The minimum Gasteiger partial charge on any atom is -0.307 e. The second kappa shape index (κ2) is 4.58. The quantitative estimate of drug-likeness (QED) is 0.790. The maximum Gasteiger partial charge on any atom is 0.160 e. The summed E-state index contributed by atoms with van der Waals surface area (Å²) in [4.78, 5) is 9.08. The molecule has 17 heavy (non-hydrogen) atoms. The molecule has 0 N–H and O–H groups in total. The number of fused-ring (bicyclic) bond motifs is 1. The van der Waals surface area contributed by atoms with Crippen molar-refractivity contribution < 1.29 is 0 Å². The molecule has 5 heteroatoms. The molecule has 2 heterocycles. The molecule has 0 unspecified atom stereocenters. The maximum atomic E-state index is 5.83. The maximum absolute atomic E-state index is 5.83. The highest BCUT2D eigenvalue weighted by molar-refractivity contribution is 9.10. The van der Waals surface area contributed by atoms with Crippen molar-refractivity contribution in [3.8, 4) is 0 Å². The Hall–Kier alpha value is -0.610. The van der Waals surface area contributed by atoms with Crippen LogP contribution in [-0.4, -0.2) is 20.4 Å². The Morgan fingerprint density at radius 1 is 1.41 bits per heavy atom. The first-order chi connectivity index (χ1) is 7.93. The van der Waals surface area contributed by atoms with Gasteiger partial charge in [-0.1, -0.05) is 0 Å². The fraction of sp³-hybridized carbons (Fsp3) is 0.500. The summed E-state index contributed by atoms with van der Waals surface area (Å²) in [5, 5.41) is 0. The van der Waals surface area contributed by atoms with E-state index >= 15 is 0 Å². The van der Waals surface area contributed by atoms with Gasteiger partial charge in [0.1, 0.15) is 11.3 Å². The van der Waals surface area contributed by atoms with Gasteiger partial charge >= 0.3 is 0 Å². The number of rotatable bonds is 2. The lowest BCUT2D eigenvalue weighted by atomic mass is 10.1. The molecule has 2 aromatic rings. The third-order valence-electron chi connectivity index (χ3n) is 2.52. The summed E-state index contributed by atoms with van der Waals surface area (Å²) in [5.74, 6) is 1.56. The van der Waals surface area contributed by atoms with Crippen molar-refractivity contribution in [1.29, 1.82) is 0 Å². The summed E-state index contributed by atoms with van der Waals surface area (Å²) in [6.07, 6.45) is 2.56. The van der Waals surface area contributed by atoms with E-state index in [2.05, 4.69) is 51.2 Å². The number of alkyl halides is 1. The molecule has 0 fully saturated rings. The summed E-state index contributed by atoms with van der Waals surface area (Å²) in [5.41, 5.74) is 1.78. The van der Waals surface area contributed by atoms with Crippen LogP contribution in [0.3, 0.4) is 0 Å². The standard InChI is InChI=1S/C12H15BrClN3/c1-12(2,3)17-10(4-5-14)16-9-6-8(13)7-15-11(9)17/h6-7H,4-5H2,1-3H3. The molecule has 0 saturated heterocycles. The number of hydrogen-bond donors (Lipinski definition) is 0. The molecule has 2 aromatic heterocycles. The number of pyridine rings is 1. The predicted molar refractivity (Wildman–Crippen MR) is 74.6 cm³/mol. The highest BCUT2D eigenvalue weighted by atomic mass is 79.9. The molecule has 0 bridgehead atoms. The summed E-state index contributed by atoms with van der Waals surface area (Å²) in [6.45, 7) is 6.45. The Morgan fingerprint density at radius 3 is 2.71 bits per heavy atom. The van der Waals surface area contributed by atoms with Crippen LogP contribution in [-0.2, 0) is 12.0 Å². The topological polar surface area (TPSA) is 30.7 Å². The molecule has 2 rings (SSSR count). The van der Waals surface area contributed by atoms with Crippen molar-refractivity contribution in [2.45, 2.75) is 32.7 Å². The first kappa shape index (κ1) is 12.8. The van der Waals surface area contributed by atoms with Crippen LogP contribution in [0.25, 0.3) is 11.2 Å². The van der Waals surface area contributed by atoms with E-state index in [1.54, 1.807) is 6.20 Å². The fourth-order valence-corrected chi connectivity index (χ4v) is 2.43. The Kier molecular flexibility index (Phi) is 3.46. The SMILES string of the molecule is CC(C)(C)n1c(CCCl)nc2cc(Br)cnc21. The minimum atomic E-state index is -0.0447. The molecular formula is C12H15BrClN3. The number of aryl methyl sites for hydroxylation is 1. The van der Waals surface area contributed by atoms with Gasteiger partial charge in [-0.2, -0.15) is 0 Å². The fourth-order valence-electron chi connectivity index (χ4n) is 1.94. The Labute approximate surface area is 114 Å². The van der Waals surface area contributed by atoms with Gasteiger partial charge in [0.15, 0.2) is 5.65 Å². The van der Waals surface area contributed by atoms with Gasteiger partial charge in [-0.15, -0.1) is 11.6 Å². The van der Waals surface area contributed by atoms with Crippen LogP contribution in [0.2, 0.25) is 0 Å². The first-order valence-electron chi connectivity index (χ1n) is 5.53. The van der Waals surface area contributed by atoms with Gasteiger partial charge in [0.25, 0.3) is 0 Å². The van der Waals surface area contributed by atoms with E-state index in [1.807, 2.05) is 6.07 Å². The molecule has 0 aliphatic heterocycles. The van der Waals surface area contributed by atoms with E-state index in [0.717, 1.165) is 27.9 Å². The zero-order chi connectivity index (χ0) is 12.6. The highest BCUT2D eigenvalue weighted by Crippen LogP contribution is 2.25. The van der Waals surface area contributed by atoms with E-state index in [-0.39, 0.29) is 5.54 Å². The molecule has 0 saturated carbocycles. The molecule has 92 valence electrons. The summed E-state index contributed by atoms with van der Waals surface area (Å²) >= 11 is 9.25. The van der Waals surface area contributed by atoms with E-state index in [0.29, 0.717) is 5.88 Å². The van der Waals surface area contributed by atoms with Crippen LogP contribution in [0, 0.1) is 0 Å². The number of imidazole rings is 1. The number of nitrogens with zero attached hydrogens (tertiary/aromatic N) is 3. The van der Waals surface area contributed by atoms with Gasteiger partial charge in [0.2, 0.25) is 0 Å². The molecule has 0 amide bonds. The zero-order valence-corrected chi connectivity index (χ0v) is 12.5. The van der Waals surface area contributed by atoms with Crippen molar-refractivity contribution in [1.82, 2.24) is 14.5 Å². The summed E-state index contributed by atoms with van der Waals surface area (Å²) in [6, 6.07) is 1.99. The zero-order valence-electron chi connectivity index (χ0n) is 10.2. The molecule has 3 nitrogen and oxygen atoms in total. The van der Waals surface area contributed by atoms with Gasteiger partial charge in [0, 0.05) is 28.5 Å². The Morgan fingerprint density at radius 2 is 2.12 bits per heavy atom.